The Labute approximate surface area is 110 Å². The van der Waals surface area contributed by atoms with E-state index in [9.17, 15) is 9.59 Å². The van der Waals surface area contributed by atoms with Crippen LogP contribution in [0.5, 0.6) is 0 Å². The fourth-order valence-electron chi connectivity index (χ4n) is 2.18. The van der Waals surface area contributed by atoms with Crippen LogP contribution >= 0.6 is 0 Å². The van der Waals surface area contributed by atoms with Crippen molar-refractivity contribution in [1.82, 2.24) is 4.90 Å². The monoisotopic (exact) mass is 249 g/mol. The molecule has 0 aromatic rings. The Bertz CT molecular complexity index is 392. The van der Waals surface area contributed by atoms with Crippen LogP contribution in [0.15, 0.2) is 23.5 Å². The van der Waals surface area contributed by atoms with Crippen molar-refractivity contribution >= 4 is 11.6 Å². The van der Waals surface area contributed by atoms with Crippen molar-refractivity contribution in [3.05, 3.63) is 23.5 Å². The third-order valence-electron chi connectivity index (χ3n) is 3.30. The van der Waals surface area contributed by atoms with Gasteiger partial charge in [-0.1, -0.05) is 6.92 Å². The predicted molar refractivity (Wildman–Crippen MR) is 72.9 cm³/mol. The first-order valence-electron chi connectivity index (χ1n) is 6.42. The van der Waals surface area contributed by atoms with Crippen LogP contribution in [-0.2, 0) is 9.59 Å². The molecule has 0 N–H and O–H groups in total. The molecular formula is C15H23NO2. The molecule has 0 aliphatic carbocycles. The summed E-state index contributed by atoms with van der Waals surface area (Å²) in [6.07, 6.45) is 4.56. The van der Waals surface area contributed by atoms with Crippen LogP contribution in [0.2, 0.25) is 0 Å². The maximum Gasteiger partial charge on any atom is 0.157 e. The zero-order valence-electron chi connectivity index (χ0n) is 12.2. The molecule has 0 aromatic carbocycles. The minimum Gasteiger partial charge on any atom is -0.348 e. The highest BCUT2D eigenvalue weighted by Gasteiger charge is 2.31. The molecule has 3 heteroatoms. The van der Waals surface area contributed by atoms with Gasteiger partial charge in [0, 0.05) is 35.0 Å². The lowest BCUT2D eigenvalue weighted by Gasteiger charge is -2.37. The summed E-state index contributed by atoms with van der Waals surface area (Å²) in [5.74, 6) is 0.0319. The van der Waals surface area contributed by atoms with Gasteiger partial charge in [0.25, 0.3) is 0 Å². The number of Topliss-reactive ketones (excluding diaryl/α,β-unsaturated/α-hetero) is 2. The number of allylic oxidation sites excluding steroid dienone is 2. The number of rotatable bonds is 3. The third-order valence-corrected chi connectivity index (χ3v) is 3.30. The minimum absolute atomic E-state index is 0.0444. The van der Waals surface area contributed by atoms with Crippen LogP contribution in [-0.4, -0.2) is 22.0 Å². The molecule has 0 fully saturated rings. The van der Waals surface area contributed by atoms with E-state index in [4.69, 9.17) is 0 Å². The molecule has 0 saturated carbocycles. The molecule has 0 aromatic heterocycles. The molecule has 18 heavy (non-hydrogen) atoms. The summed E-state index contributed by atoms with van der Waals surface area (Å²) in [5.41, 5.74) is 1.33. The van der Waals surface area contributed by atoms with E-state index in [-0.39, 0.29) is 23.0 Å². The first-order chi connectivity index (χ1) is 8.18. The second-order valence-electron chi connectivity index (χ2n) is 5.82. The van der Waals surface area contributed by atoms with Crippen molar-refractivity contribution in [2.75, 3.05) is 0 Å². The fraction of sp³-hybridized carbons (Fsp3) is 0.600. The second kappa shape index (κ2) is 5.09. The van der Waals surface area contributed by atoms with Crippen LogP contribution in [0.25, 0.3) is 0 Å². The van der Waals surface area contributed by atoms with Crippen molar-refractivity contribution in [1.29, 1.82) is 0 Å². The van der Waals surface area contributed by atoms with Gasteiger partial charge in [0.2, 0.25) is 0 Å². The highest BCUT2D eigenvalue weighted by Crippen LogP contribution is 2.33. The van der Waals surface area contributed by atoms with Crippen LogP contribution in [0.3, 0.4) is 0 Å². The van der Waals surface area contributed by atoms with E-state index < -0.39 is 0 Å². The Morgan fingerprint density at radius 2 is 1.50 bits per heavy atom. The van der Waals surface area contributed by atoms with Gasteiger partial charge in [0.15, 0.2) is 11.6 Å². The summed E-state index contributed by atoms with van der Waals surface area (Å²) in [6.45, 7) is 11.3. The van der Waals surface area contributed by atoms with Gasteiger partial charge in [-0.2, -0.15) is 0 Å². The summed E-state index contributed by atoms with van der Waals surface area (Å²) < 4.78 is 0. The molecule has 1 rings (SSSR count). The zero-order chi connectivity index (χ0) is 14.1. The number of hydrogen-bond donors (Lipinski definition) is 0. The lowest BCUT2D eigenvalue weighted by Crippen LogP contribution is -2.38. The molecular weight excluding hydrogens is 226 g/mol. The molecule has 1 aliphatic rings. The molecule has 3 nitrogen and oxygen atoms in total. The lowest BCUT2D eigenvalue weighted by atomic mass is 9.83. The molecule has 0 atom stereocenters. The van der Waals surface area contributed by atoms with Gasteiger partial charge in [-0.05, 0) is 41.0 Å². The molecule has 0 amide bonds. The number of hydrogen-bond acceptors (Lipinski definition) is 3. The highest BCUT2D eigenvalue weighted by molar-refractivity contribution is 6.00. The number of carbonyl (C=O) groups excluding carboxylic acids is 2. The van der Waals surface area contributed by atoms with E-state index in [2.05, 4.69) is 20.8 Å². The Kier molecular flexibility index (Phi) is 4.15. The molecule has 0 bridgehead atoms. The Morgan fingerprint density at radius 1 is 1.11 bits per heavy atom. The van der Waals surface area contributed by atoms with E-state index in [1.165, 1.54) is 0 Å². The summed E-state index contributed by atoms with van der Waals surface area (Å²) >= 11 is 0. The smallest absolute Gasteiger partial charge is 0.157 e. The van der Waals surface area contributed by atoms with Gasteiger partial charge in [0.1, 0.15) is 0 Å². The maximum atomic E-state index is 11.8. The largest absolute Gasteiger partial charge is 0.348 e. The van der Waals surface area contributed by atoms with Gasteiger partial charge in [0.05, 0.1) is 0 Å². The van der Waals surface area contributed by atoms with Crippen molar-refractivity contribution in [3.8, 4) is 0 Å². The Balaban J connectivity index is 3.30. The van der Waals surface area contributed by atoms with E-state index in [1.54, 1.807) is 13.8 Å². The highest BCUT2D eigenvalue weighted by atomic mass is 16.1. The maximum absolute atomic E-state index is 11.8. The fourth-order valence-corrected chi connectivity index (χ4v) is 2.18. The van der Waals surface area contributed by atoms with Crippen LogP contribution in [0, 0.1) is 5.92 Å². The molecule has 1 heterocycles. The molecule has 0 spiro atoms. The third kappa shape index (κ3) is 2.89. The van der Waals surface area contributed by atoms with Gasteiger partial charge < -0.3 is 4.90 Å². The Hall–Kier alpha value is -1.38. The number of nitrogens with zero attached hydrogens (tertiary/aromatic N) is 1. The van der Waals surface area contributed by atoms with Gasteiger partial charge in [-0.15, -0.1) is 0 Å². The topological polar surface area (TPSA) is 37.4 Å². The van der Waals surface area contributed by atoms with Gasteiger partial charge in [-0.25, -0.2) is 0 Å². The van der Waals surface area contributed by atoms with Gasteiger partial charge in [-0.3, -0.25) is 9.59 Å². The molecule has 0 saturated heterocycles. The first-order valence-corrected chi connectivity index (χ1v) is 6.42. The Morgan fingerprint density at radius 3 is 1.72 bits per heavy atom. The van der Waals surface area contributed by atoms with E-state index in [1.807, 2.05) is 24.2 Å². The summed E-state index contributed by atoms with van der Waals surface area (Å²) in [7, 11) is 0. The normalized spacial score (nSPS) is 17.3. The van der Waals surface area contributed by atoms with Crippen molar-refractivity contribution in [3.63, 3.8) is 0 Å². The number of carbonyl (C=O) groups is 2. The standard InChI is InChI=1S/C15H23NO2/c1-7-12-13(10(2)17)8-16(15(4,5)6)9-14(12)11(3)18/h8-9,12H,7H2,1-6H3. The van der Waals surface area contributed by atoms with Crippen molar-refractivity contribution in [2.45, 2.75) is 53.5 Å². The van der Waals surface area contributed by atoms with Crippen molar-refractivity contribution in [2.24, 2.45) is 5.92 Å². The summed E-state index contributed by atoms with van der Waals surface area (Å²) in [6, 6.07) is 0. The van der Waals surface area contributed by atoms with Crippen LogP contribution in [0.1, 0.15) is 48.0 Å². The minimum atomic E-state index is -0.139. The molecule has 0 unspecified atom stereocenters. The number of ketones is 2. The van der Waals surface area contributed by atoms with E-state index in [0.717, 1.165) is 17.6 Å². The van der Waals surface area contributed by atoms with Crippen LogP contribution < -0.4 is 0 Å². The lowest BCUT2D eigenvalue weighted by molar-refractivity contribution is -0.114. The second-order valence-corrected chi connectivity index (χ2v) is 5.82. The molecule has 0 radical (unpaired) electrons. The van der Waals surface area contributed by atoms with Gasteiger partial charge >= 0.3 is 0 Å². The summed E-state index contributed by atoms with van der Waals surface area (Å²) in [4.78, 5) is 25.5. The van der Waals surface area contributed by atoms with E-state index >= 15 is 0 Å². The quantitative estimate of drug-likeness (QED) is 0.771. The molecule has 100 valence electrons. The van der Waals surface area contributed by atoms with Crippen LogP contribution in [0.4, 0.5) is 0 Å². The average Bonchev–Trinajstić information content (AvgIpc) is 2.25. The zero-order valence-corrected chi connectivity index (χ0v) is 12.2. The predicted octanol–water partition coefficient (Wildman–Crippen LogP) is 3.07. The summed E-state index contributed by atoms with van der Waals surface area (Å²) in [5, 5.41) is 0. The molecule has 1 aliphatic heterocycles. The SMILES string of the molecule is CCC1C(C(C)=O)=CN(C(C)(C)C)C=C1C(C)=O. The van der Waals surface area contributed by atoms with Crippen molar-refractivity contribution < 1.29 is 9.59 Å². The first kappa shape index (κ1) is 14.7. The average molecular weight is 249 g/mol. The van der Waals surface area contributed by atoms with E-state index in [0.29, 0.717) is 0 Å².